The van der Waals surface area contributed by atoms with Gasteiger partial charge in [-0.3, -0.25) is 0 Å². The number of allylic oxidation sites excluding steroid dienone is 3. The van der Waals surface area contributed by atoms with E-state index in [9.17, 15) is 5.26 Å². The van der Waals surface area contributed by atoms with Crippen LogP contribution in [0.1, 0.15) is 32.8 Å². The molecule has 1 aromatic rings. The lowest BCUT2D eigenvalue weighted by atomic mass is 10.0. The third-order valence-electron chi connectivity index (χ3n) is 4.35. The van der Waals surface area contributed by atoms with Crippen molar-refractivity contribution in [2.75, 3.05) is 18.0 Å². The summed E-state index contributed by atoms with van der Waals surface area (Å²) < 4.78 is 0. The van der Waals surface area contributed by atoms with Gasteiger partial charge >= 0.3 is 0 Å². The van der Waals surface area contributed by atoms with Gasteiger partial charge in [-0.1, -0.05) is 25.1 Å². The van der Waals surface area contributed by atoms with Gasteiger partial charge < -0.3 is 4.90 Å². The standard InChI is InChI=1S/C21H23N5/c1-4-17-15-24-20(13-22)21(14-23)25-19(17)12-9-16-7-10-18(11-8-16)26(5-2)6-3/h7-12,15,17H,4-6H2,1-3H3. The molecule has 0 radical (unpaired) electrons. The maximum atomic E-state index is 9.24. The van der Waals surface area contributed by atoms with Gasteiger partial charge in [-0.05, 0) is 44.0 Å². The van der Waals surface area contributed by atoms with Crippen molar-refractivity contribution in [3.8, 4) is 12.1 Å². The molecule has 0 saturated heterocycles. The summed E-state index contributed by atoms with van der Waals surface area (Å²) in [5, 5.41) is 18.4. The average molecular weight is 345 g/mol. The van der Waals surface area contributed by atoms with Crippen molar-refractivity contribution in [1.29, 1.82) is 10.5 Å². The summed E-state index contributed by atoms with van der Waals surface area (Å²) in [7, 11) is 0. The highest BCUT2D eigenvalue weighted by molar-refractivity contribution is 6.09. The van der Waals surface area contributed by atoms with E-state index in [1.807, 2.05) is 31.2 Å². The van der Waals surface area contributed by atoms with Crippen LogP contribution >= 0.6 is 0 Å². The van der Waals surface area contributed by atoms with Gasteiger partial charge in [-0.2, -0.15) is 10.5 Å². The second-order valence-corrected chi connectivity index (χ2v) is 5.85. The fourth-order valence-electron chi connectivity index (χ4n) is 2.77. The molecule has 5 nitrogen and oxygen atoms in total. The second-order valence-electron chi connectivity index (χ2n) is 5.85. The summed E-state index contributed by atoms with van der Waals surface area (Å²) in [5.74, 6) is -0.0182. The smallest absolute Gasteiger partial charge is 0.177 e. The van der Waals surface area contributed by atoms with E-state index in [4.69, 9.17) is 5.26 Å². The Hall–Kier alpha value is -3.18. The van der Waals surface area contributed by atoms with Crippen LogP contribution < -0.4 is 4.90 Å². The number of anilines is 1. The molecule has 0 bridgehead atoms. The fraction of sp³-hybridized carbons (Fsp3) is 0.333. The molecular weight excluding hydrogens is 322 g/mol. The molecular formula is C21H23N5. The van der Waals surface area contributed by atoms with Crippen LogP contribution in [0.3, 0.4) is 0 Å². The highest BCUT2D eigenvalue weighted by Crippen LogP contribution is 2.19. The topological polar surface area (TPSA) is 75.5 Å². The minimum atomic E-state index is -0.0182. The number of benzene rings is 1. The molecule has 1 atom stereocenters. The Morgan fingerprint density at radius 2 is 1.65 bits per heavy atom. The van der Waals surface area contributed by atoms with Crippen LogP contribution in [0.25, 0.3) is 6.08 Å². The number of hydrogen-bond acceptors (Lipinski definition) is 5. The predicted octanol–water partition coefficient (Wildman–Crippen LogP) is 4.36. The van der Waals surface area contributed by atoms with Crippen molar-refractivity contribution in [2.24, 2.45) is 15.9 Å². The summed E-state index contributed by atoms with van der Waals surface area (Å²) in [5.41, 5.74) is 3.13. The van der Waals surface area contributed by atoms with E-state index in [2.05, 4.69) is 53.0 Å². The van der Waals surface area contributed by atoms with E-state index in [0.29, 0.717) is 0 Å². The predicted molar refractivity (Wildman–Crippen MR) is 107 cm³/mol. The number of aliphatic imine (C=N–C) groups is 2. The van der Waals surface area contributed by atoms with Crippen LogP contribution in [-0.4, -0.2) is 25.0 Å². The monoisotopic (exact) mass is 345 g/mol. The van der Waals surface area contributed by atoms with Crippen molar-refractivity contribution >= 4 is 23.7 Å². The van der Waals surface area contributed by atoms with E-state index in [1.54, 1.807) is 6.21 Å². The molecule has 132 valence electrons. The van der Waals surface area contributed by atoms with Gasteiger partial charge in [0.2, 0.25) is 0 Å². The minimum absolute atomic E-state index is 0.0182. The molecule has 1 aromatic carbocycles. The van der Waals surface area contributed by atoms with Gasteiger partial charge in [0, 0.05) is 30.9 Å². The SMILES string of the molecule is CCC1C=NC(C#N)=C(C#N)N=C1C=Cc1ccc(N(CC)CC)cc1. The molecule has 1 heterocycles. The first-order chi connectivity index (χ1) is 12.7. The number of rotatable bonds is 6. The molecule has 1 unspecified atom stereocenters. The summed E-state index contributed by atoms with van der Waals surface area (Å²) in [6.07, 6.45) is 6.39. The molecule has 0 spiro atoms. The lowest BCUT2D eigenvalue weighted by Gasteiger charge is -2.20. The summed E-state index contributed by atoms with van der Waals surface area (Å²) in [4.78, 5) is 10.8. The van der Waals surface area contributed by atoms with Crippen LogP contribution in [0.4, 0.5) is 5.69 Å². The molecule has 5 heteroatoms. The third-order valence-corrected chi connectivity index (χ3v) is 4.35. The quantitative estimate of drug-likeness (QED) is 0.769. The Kier molecular flexibility index (Phi) is 6.88. The molecule has 2 rings (SSSR count). The molecule has 0 saturated carbocycles. The highest BCUT2D eigenvalue weighted by Gasteiger charge is 2.16. The highest BCUT2D eigenvalue weighted by atomic mass is 15.1. The van der Waals surface area contributed by atoms with E-state index < -0.39 is 0 Å². The molecule has 0 aliphatic carbocycles. The van der Waals surface area contributed by atoms with Gasteiger partial charge in [0.25, 0.3) is 0 Å². The Labute approximate surface area is 155 Å². The fourth-order valence-corrected chi connectivity index (χ4v) is 2.77. The summed E-state index contributed by atoms with van der Waals surface area (Å²) in [6.45, 7) is 8.27. The Morgan fingerprint density at radius 1 is 1.00 bits per heavy atom. The van der Waals surface area contributed by atoms with Crippen LogP contribution in [-0.2, 0) is 0 Å². The van der Waals surface area contributed by atoms with Gasteiger partial charge in [-0.15, -0.1) is 0 Å². The Morgan fingerprint density at radius 3 is 2.19 bits per heavy atom. The molecule has 0 N–H and O–H groups in total. The Bertz CT molecular complexity index is 825. The van der Waals surface area contributed by atoms with Crippen molar-refractivity contribution in [3.05, 3.63) is 47.3 Å². The first kappa shape index (κ1) is 19.1. The van der Waals surface area contributed by atoms with Gasteiger partial charge in [0.1, 0.15) is 12.1 Å². The first-order valence-electron chi connectivity index (χ1n) is 8.87. The second kappa shape index (κ2) is 9.34. The molecule has 26 heavy (non-hydrogen) atoms. The van der Waals surface area contributed by atoms with E-state index >= 15 is 0 Å². The number of nitriles is 2. The van der Waals surface area contributed by atoms with Crippen molar-refractivity contribution in [2.45, 2.75) is 27.2 Å². The van der Waals surface area contributed by atoms with E-state index in [1.165, 1.54) is 5.69 Å². The van der Waals surface area contributed by atoms with Crippen LogP contribution in [0.2, 0.25) is 0 Å². The molecule has 0 fully saturated rings. The molecule has 1 aliphatic heterocycles. The summed E-state index contributed by atoms with van der Waals surface area (Å²) >= 11 is 0. The van der Waals surface area contributed by atoms with Crippen molar-refractivity contribution in [3.63, 3.8) is 0 Å². The lowest BCUT2D eigenvalue weighted by molar-refractivity contribution is 0.866. The van der Waals surface area contributed by atoms with Gasteiger partial charge in [0.15, 0.2) is 11.4 Å². The number of hydrogen-bond donors (Lipinski definition) is 0. The third kappa shape index (κ3) is 4.46. The minimum Gasteiger partial charge on any atom is -0.372 e. The zero-order chi connectivity index (χ0) is 18.9. The average Bonchev–Trinajstić information content (AvgIpc) is 2.86. The van der Waals surface area contributed by atoms with Crippen molar-refractivity contribution in [1.82, 2.24) is 0 Å². The zero-order valence-corrected chi connectivity index (χ0v) is 15.5. The van der Waals surface area contributed by atoms with Crippen LogP contribution in [0, 0.1) is 28.6 Å². The van der Waals surface area contributed by atoms with E-state index in [0.717, 1.165) is 30.8 Å². The molecule has 1 aliphatic rings. The van der Waals surface area contributed by atoms with Crippen LogP contribution in [0.5, 0.6) is 0 Å². The molecule has 0 aromatic heterocycles. The first-order valence-corrected chi connectivity index (χ1v) is 8.87. The lowest BCUT2D eigenvalue weighted by Crippen LogP contribution is -2.21. The van der Waals surface area contributed by atoms with Crippen LogP contribution in [0.15, 0.2) is 51.7 Å². The maximum Gasteiger partial charge on any atom is 0.177 e. The normalized spacial score (nSPS) is 16.8. The van der Waals surface area contributed by atoms with Gasteiger partial charge in [0.05, 0.1) is 5.71 Å². The van der Waals surface area contributed by atoms with Crippen molar-refractivity contribution < 1.29 is 0 Å². The molecule has 0 amide bonds. The summed E-state index contributed by atoms with van der Waals surface area (Å²) in [6, 6.07) is 12.2. The number of nitrogens with zero attached hydrogens (tertiary/aromatic N) is 5. The Balaban J connectivity index is 2.29. The zero-order valence-electron chi connectivity index (χ0n) is 15.5. The largest absolute Gasteiger partial charge is 0.372 e. The maximum absolute atomic E-state index is 9.24. The van der Waals surface area contributed by atoms with Gasteiger partial charge in [-0.25, -0.2) is 9.98 Å². The van der Waals surface area contributed by atoms with E-state index in [-0.39, 0.29) is 17.3 Å².